The van der Waals surface area contributed by atoms with Gasteiger partial charge in [-0.3, -0.25) is 4.57 Å². The molecule has 90 valence electrons. The molecule has 0 aliphatic rings. The second-order valence-electron chi connectivity index (χ2n) is 3.06. The first-order valence-corrected chi connectivity index (χ1v) is 6.44. The molecule has 0 spiro atoms. The number of benzene rings is 1. The van der Waals surface area contributed by atoms with E-state index in [9.17, 15) is 13.3 Å². The SMILES string of the molecule is O=P(O)(O)C(F)(F)c1ccc(CO)cc1Br. The molecule has 0 saturated heterocycles. The topological polar surface area (TPSA) is 77.8 Å². The Kier molecular flexibility index (Phi) is 3.87. The van der Waals surface area contributed by atoms with E-state index in [1.807, 2.05) is 0 Å². The van der Waals surface area contributed by atoms with Crippen LogP contribution in [-0.2, 0) is 16.8 Å². The van der Waals surface area contributed by atoms with Crippen LogP contribution in [0.25, 0.3) is 0 Å². The maximum absolute atomic E-state index is 13.3. The molecule has 4 nitrogen and oxygen atoms in total. The number of halogens is 3. The number of rotatable bonds is 3. The van der Waals surface area contributed by atoms with Gasteiger partial charge in [0.2, 0.25) is 0 Å². The van der Waals surface area contributed by atoms with Crippen LogP contribution in [0.2, 0.25) is 0 Å². The maximum atomic E-state index is 13.3. The number of alkyl halides is 2. The molecule has 8 heteroatoms. The van der Waals surface area contributed by atoms with E-state index in [4.69, 9.17) is 14.9 Å². The lowest BCUT2D eigenvalue weighted by molar-refractivity contribution is 0.0557. The molecule has 1 aromatic rings. The molecule has 0 saturated carbocycles. The average molecular weight is 317 g/mol. The van der Waals surface area contributed by atoms with Crippen LogP contribution in [0.3, 0.4) is 0 Å². The highest BCUT2D eigenvalue weighted by Crippen LogP contribution is 2.60. The van der Waals surface area contributed by atoms with Crippen LogP contribution in [0.5, 0.6) is 0 Å². The molecule has 0 fully saturated rings. The Bertz CT molecular complexity index is 446. The Labute approximate surface area is 98.2 Å². The molecule has 0 unspecified atom stereocenters. The summed E-state index contributed by atoms with van der Waals surface area (Å²) >= 11 is 2.78. The summed E-state index contributed by atoms with van der Waals surface area (Å²) in [6.07, 6.45) is 0. The molecular formula is C8H8BrF2O4P. The molecular weight excluding hydrogens is 309 g/mol. The van der Waals surface area contributed by atoms with Gasteiger partial charge in [-0.05, 0) is 11.6 Å². The molecule has 0 amide bonds. The first kappa shape index (κ1) is 13.7. The molecule has 3 N–H and O–H groups in total. The number of hydrogen-bond donors (Lipinski definition) is 3. The van der Waals surface area contributed by atoms with Gasteiger partial charge in [-0.15, -0.1) is 0 Å². The van der Waals surface area contributed by atoms with E-state index in [-0.39, 0.29) is 11.1 Å². The van der Waals surface area contributed by atoms with E-state index >= 15 is 0 Å². The van der Waals surface area contributed by atoms with Crippen LogP contribution in [0.4, 0.5) is 8.78 Å². The smallest absolute Gasteiger partial charge is 0.392 e. The molecule has 0 bridgehead atoms. The summed E-state index contributed by atoms with van der Waals surface area (Å²) < 4.78 is 37.1. The summed E-state index contributed by atoms with van der Waals surface area (Å²) in [7, 11) is -5.57. The van der Waals surface area contributed by atoms with Crippen LogP contribution in [0.15, 0.2) is 22.7 Å². The van der Waals surface area contributed by atoms with Crippen molar-refractivity contribution in [2.75, 3.05) is 0 Å². The summed E-state index contributed by atoms with van der Waals surface area (Å²) in [5.74, 6) is 0. The maximum Gasteiger partial charge on any atom is 0.399 e. The predicted octanol–water partition coefficient (Wildman–Crippen LogP) is 2.17. The summed E-state index contributed by atoms with van der Waals surface area (Å²) in [5.41, 5.74) is -4.70. The first-order chi connectivity index (χ1) is 7.20. The Morgan fingerprint density at radius 2 is 1.94 bits per heavy atom. The van der Waals surface area contributed by atoms with E-state index in [1.54, 1.807) is 0 Å². The Balaban J connectivity index is 3.30. The van der Waals surface area contributed by atoms with Gasteiger partial charge in [0.05, 0.1) is 6.61 Å². The molecule has 0 aromatic heterocycles. The largest absolute Gasteiger partial charge is 0.399 e. The van der Waals surface area contributed by atoms with Gasteiger partial charge in [-0.25, -0.2) is 0 Å². The summed E-state index contributed by atoms with van der Waals surface area (Å²) in [5, 5.41) is 8.75. The lowest BCUT2D eigenvalue weighted by atomic mass is 10.1. The molecule has 0 aliphatic heterocycles. The van der Waals surface area contributed by atoms with Gasteiger partial charge in [-0.1, -0.05) is 28.1 Å². The highest BCUT2D eigenvalue weighted by Gasteiger charge is 2.51. The second-order valence-corrected chi connectivity index (χ2v) is 5.56. The van der Waals surface area contributed by atoms with Gasteiger partial charge in [0.1, 0.15) is 0 Å². The summed E-state index contributed by atoms with van der Waals surface area (Å²) in [4.78, 5) is 17.1. The van der Waals surface area contributed by atoms with E-state index < -0.39 is 18.8 Å². The third kappa shape index (κ3) is 2.49. The van der Waals surface area contributed by atoms with Gasteiger partial charge >= 0.3 is 13.3 Å². The van der Waals surface area contributed by atoms with Crippen molar-refractivity contribution in [1.82, 2.24) is 0 Å². The van der Waals surface area contributed by atoms with Gasteiger partial charge < -0.3 is 14.9 Å². The lowest BCUT2D eigenvalue weighted by Crippen LogP contribution is -2.14. The zero-order valence-electron chi connectivity index (χ0n) is 7.77. The van der Waals surface area contributed by atoms with Crippen molar-refractivity contribution in [3.05, 3.63) is 33.8 Å². The van der Waals surface area contributed by atoms with Crippen LogP contribution in [-0.4, -0.2) is 14.9 Å². The van der Waals surface area contributed by atoms with Gasteiger partial charge in [0.15, 0.2) is 0 Å². The van der Waals surface area contributed by atoms with Gasteiger partial charge in [-0.2, -0.15) is 8.78 Å². The van der Waals surface area contributed by atoms with E-state index in [1.165, 1.54) is 12.1 Å². The minimum absolute atomic E-state index is 0.160. The van der Waals surface area contributed by atoms with Crippen molar-refractivity contribution in [2.45, 2.75) is 12.3 Å². The normalized spacial score (nSPS) is 12.9. The van der Waals surface area contributed by atoms with E-state index in [0.29, 0.717) is 5.56 Å². The number of aliphatic hydroxyl groups excluding tert-OH is 1. The minimum atomic E-state index is -5.57. The fourth-order valence-corrected chi connectivity index (χ4v) is 2.40. The highest BCUT2D eigenvalue weighted by atomic mass is 79.9. The molecule has 1 aromatic carbocycles. The Hall–Kier alpha value is -0.330. The number of aliphatic hydroxyl groups is 1. The number of hydrogen-bond acceptors (Lipinski definition) is 2. The van der Waals surface area contributed by atoms with Crippen LogP contribution in [0, 0.1) is 0 Å². The fourth-order valence-electron chi connectivity index (χ4n) is 1.06. The van der Waals surface area contributed by atoms with Gasteiger partial charge in [0.25, 0.3) is 0 Å². The zero-order valence-corrected chi connectivity index (χ0v) is 10.3. The zero-order chi connectivity index (χ0) is 12.6. The molecule has 1 rings (SSSR count). The molecule has 0 atom stereocenters. The highest BCUT2D eigenvalue weighted by molar-refractivity contribution is 9.10. The van der Waals surface area contributed by atoms with Crippen molar-refractivity contribution < 1.29 is 28.2 Å². The predicted molar refractivity (Wildman–Crippen MR) is 56.0 cm³/mol. The van der Waals surface area contributed by atoms with Crippen molar-refractivity contribution in [1.29, 1.82) is 0 Å². The first-order valence-electron chi connectivity index (χ1n) is 4.03. The van der Waals surface area contributed by atoms with Crippen LogP contribution in [0.1, 0.15) is 11.1 Å². The van der Waals surface area contributed by atoms with Crippen LogP contribution >= 0.6 is 23.5 Å². The standard InChI is InChI=1S/C8H8BrF2O4P/c9-7-3-5(4-12)1-2-6(7)8(10,11)16(13,14)15/h1-3,12H,4H2,(H2,13,14,15). The monoisotopic (exact) mass is 316 g/mol. The molecule has 0 radical (unpaired) electrons. The molecule has 0 heterocycles. The van der Waals surface area contributed by atoms with Crippen molar-refractivity contribution in [3.8, 4) is 0 Å². The third-order valence-electron chi connectivity index (χ3n) is 1.91. The molecule has 0 aliphatic carbocycles. The Morgan fingerprint density at radius 3 is 2.31 bits per heavy atom. The van der Waals surface area contributed by atoms with Crippen LogP contribution < -0.4 is 0 Å². The van der Waals surface area contributed by atoms with Crippen molar-refractivity contribution >= 4 is 23.5 Å². The Morgan fingerprint density at radius 1 is 1.38 bits per heavy atom. The van der Waals surface area contributed by atoms with Crippen molar-refractivity contribution in [2.24, 2.45) is 0 Å². The van der Waals surface area contributed by atoms with Crippen molar-refractivity contribution in [3.63, 3.8) is 0 Å². The average Bonchev–Trinajstić information content (AvgIpc) is 2.15. The fraction of sp³-hybridized carbons (Fsp3) is 0.250. The minimum Gasteiger partial charge on any atom is -0.392 e. The van der Waals surface area contributed by atoms with E-state index in [0.717, 1.165) is 6.07 Å². The lowest BCUT2D eigenvalue weighted by Gasteiger charge is -2.19. The summed E-state index contributed by atoms with van der Waals surface area (Å²) in [6, 6.07) is 3.22. The second kappa shape index (κ2) is 4.50. The quantitative estimate of drug-likeness (QED) is 0.747. The summed E-state index contributed by atoms with van der Waals surface area (Å²) in [6.45, 7) is -0.347. The van der Waals surface area contributed by atoms with E-state index in [2.05, 4.69) is 15.9 Å². The van der Waals surface area contributed by atoms with Gasteiger partial charge in [0, 0.05) is 10.0 Å². The third-order valence-corrected chi connectivity index (χ3v) is 3.53. The molecule has 16 heavy (non-hydrogen) atoms.